The Hall–Kier alpha value is -1.39. The third-order valence-electron chi connectivity index (χ3n) is 9.30. The van der Waals surface area contributed by atoms with Crippen LogP contribution in [0.25, 0.3) is 0 Å². The van der Waals surface area contributed by atoms with Crippen LogP contribution in [-0.2, 0) is 14.3 Å². The van der Waals surface area contributed by atoms with Crippen molar-refractivity contribution in [3.63, 3.8) is 0 Å². The Morgan fingerprint density at radius 2 is 1.86 bits per heavy atom. The van der Waals surface area contributed by atoms with Crippen LogP contribution in [-0.4, -0.2) is 28.8 Å². The molecule has 0 aromatic carbocycles. The number of Topliss-reactive ketones (excluding diaryl/α,β-unsaturated/α-hetero) is 1. The molecule has 4 aliphatic carbocycles. The van der Waals surface area contributed by atoms with E-state index in [1.165, 1.54) is 6.92 Å². The molecule has 28 heavy (non-hydrogen) atoms. The molecule has 0 saturated heterocycles. The number of carbonyl (C=O) groups excluding carboxylic acids is 2. The summed E-state index contributed by atoms with van der Waals surface area (Å²) in [5, 5.41) is 12.9. The van der Waals surface area contributed by atoms with E-state index < -0.39 is 0 Å². The molecule has 4 rings (SSSR count). The molecule has 0 bridgehead atoms. The molecule has 6 unspecified atom stereocenters. The molecular formula is C23H35NO4. The molecule has 4 aliphatic rings. The van der Waals surface area contributed by atoms with Gasteiger partial charge in [-0.2, -0.15) is 0 Å². The smallest absolute Gasteiger partial charge is 0.302 e. The van der Waals surface area contributed by atoms with Crippen LogP contribution in [0.3, 0.4) is 0 Å². The van der Waals surface area contributed by atoms with E-state index in [0.29, 0.717) is 30.0 Å². The second-order valence-electron chi connectivity index (χ2n) is 10.6. The molecule has 0 radical (unpaired) electrons. The monoisotopic (exact) mass is 389 g/mol. The predicted molar refractivity (Wildman–Crippen MR) is 106 cm³/mol. The van der Waals surface area contributed by atoms with Crippen molar-refractivity contribution in [2.75, 3.05) is 0 Å². The van der Waals surface area contributed by atoms with Gasteiger partial charge in [-0.25, -0.2) is 0 Å². The van der Waals surface area contributed by atoms with Gasteiger partial charge in [0.25, 0.3) is 0 Å². The molecule has 8 atom stereocenters. The second-order valence-corrected chi connectivity index (χ2v) is 10.6. The summed E-state index contributed by atoms with van der Waals surface area (Å²) in [6, 6.07) is 0. The standard InChI is InChI=1S/C23H35NO4/c1-13(24-27)18-7-8-19-17-6-5-15-11-16(28-14(2)25)9-10-22(15,3)21(17)20(26)12-23(18,19)4/h15-19,21,27H,5-12H2,1-4H3/b24-13+/t15?,16?,17?,18?,19?,21?,22-,23+/m0/s1. The van der Waals surface area contributed by atoms with Crippen molar-refractivity contribution in [1.82, 2.24) is 0 Å². The first kappa shape index (κ1) is 19.9. The topological polar surface area (TPSA) is 76.0 Å². The molecule has 0 aromatic rings. The van der Waals surface area contributed by atoms with Gasteiger partial charge in [0.05, 0.1) is 5.71 Å². The van der Waals surface area contributed by atoms with E-state index in [0.717, 1.165) is 50.7 Å². The average molecular weight is 390 g/mol. The number of hydrogen-bond donors (Lipinski definition) is 1. The lowest BCUT2D eigenvalue weighted by molar-refractivity contribution is -0.168. The van der Waals surface area contributed by atoms with Gasteiger partial charge in [-0.3, -0.25) is 9.59 Å². The van der Waals surface area contributed by atoms with Crippen LogP contribution in [0.5, 0.6) is 0 Å². The van der Waals surface area contributed by atoms with Crippen molar-refractivity contribution in [3.8, 4) is 0 Å². The third-order valence-corrected chi connectivity index (χ3v) is 9.30. The van der Waals surface area contributed by atoms with E-state index in [-0.39, 0.29) is 34.7 Å². The van der Waals surface area contributed by atoms with Gasteiger partial charge in [-0.15, -0.1) is 0 Å². The zero-order valence-corrected chi connectivity index (χ0v) is 17.7. The molecule has 0 spiro atoms. The second kappa shape index (κ2) is 6.84. The number of fused-ring (bicyclic) bond motifs is 5. The Morgan fingerprint density at radius 1 is 1.11 bits per heavy atom. The zero-order valence-electron chi connectivity index (χ0n) is 17.7. The highest BCUT2D eigenvalue weighted by Gasteiger charge is 2.63. The van der Waals surface area contributed by atoms with Gasteiger partial charge in [-0.05, 0) is 80.5 Å². The number of hydrogen-bond acceptors (Lipinski definition) is 5. The fourth-order valence-electron chi connectivity index (χ4n) is 8.13. The van der Waals surface area contributed by atoms with Crippen LogP contribution in [0, 0.1) is 40.4 Å². The fraction of sp³-hybridized carbons (Fsp3) is 0.870. The van der Waals surface area contributed by atoms with Crippen molar-refractivity contribution in [1.29, 1.82) is 0 Å². The highest BCUT2D eigenvalue weighted by molar-refractivity contribution is 5.89. The Kier molecular flexibility index (Phi) is 4.86. The van der Waals surface area contributed by atoms with Gasteiger partial charge in [0.1, 0.15) is 11.9 Å². The van der Waals surface area contributed by atoms with Gasteiger partial charge >= 0.3 is 5.97 Å². The first-order chi connectivity index (χ1) is 13.2. The molecule has 0 heterocycles. The van der Waals surface area contributed by atoms with Crippen LogP contribution in [0.1, 0.15) is 79.1 Å². The fourth-order valence-corrected chi connectivity index (χ4v) is 8.13. The number of ether oxygens (including phenoxy) is 1. The Morgan fingerprint density at radius 3 is 2.54 bits per heavy atom. The maximum atomic E-state index is 13.6. The number of oxime groups is 1. The quantitative estimate of drug-likeness (QED) is 0.324. The van der Waals surface area contributed by atoms with Gasteiger partial charge in [0, 0.05) is 25.2 Å². The van der Waals surface area contributed by atoms with Gasteiger partial charge in [-0.1, -0.05) is 19.0 Å². The number of rotatable bonds is 2. The summed E-state index contributed by atoms with van der Waals surface area (Å²) in [7, 11) is 0. The molecular weight excluding hydrogens is 354 g/mol. The maximum Gasteiger partial charge on any atom is 0.302 e. The minimum Gasteiger partial charge on any atom is -0.463 e. The van der Waals surface area contributed by atoms with Crippen molar-refractivity contribution < 1.29 is 19.5 Å². The normalized spacial score (nSPS) is 48.4. The Bertz CT molecular complexity index is 703. The molecule has 5 heteroatoms. The van der Waals surface area contributed by atoms with E-state index in [2.05, 4.69) is 19.0 Å². The highest BCUT2D eigenvalue weighted by atomic mass is 16.5. The number of carbonyl (C=O) groups is 2. The minimum atomic E-state index is -0.190. The van der Waals surface area contributed by atoms with Crippen molar-refractivity contribution >= 4 is 17.5 Å². The van der Waals surface area contributed by atoms with Crippen LogP contribution in [0.2, 0.25) is 0 Å². The maximum absolute atomic E-state index is 13.6. The summed E-state index contributed by atoms with van der Waals surface area (Å²) < 4.78 is 5.53. The van der Waals surface area contributed by atoms with Gasteiger partial charge < -0.3 is 9.94 Å². The molecule has 4 fully saturated rings. The van der Waals surface area contributed by atoms with Gasteiger partial charge in [0.2, 0.25) is 0 Å². The molecule has 0 aromatic heterocycles. The minimum absolute atomic E-state index is 0.0235. The largest absolute Gasteiger partial charge is 0.463 e. The van der Waals surface area contributed by atoms with Crippen molar-refractivity contribution in [2.45, 2.75) is 85.2 Å². The zero-order chi connectivity index (χ0) is 20.3. The molecule has 0 aliphatic heterocycles. The van der Waals surface area contributed by atoms with E-state index in [1.54, 1.807) is 0 Å². The van der Waals surface area contributed by atoms with E-state index >= 15 is 0 Å². The van der Waals surface area contributed by atoms with Crippen molar-refractivity contribution in [2.24, 2.45) is 45.6 Å². The summed E-state index contributed by atoms with van der Waals surface area (Å²) >= 11 is 0. The molecule has 5 nitrogen and oxygen atoms in total. The van der Waals surface area contributed by atoms with Crippen LogP contribution in [0.4, 0.5) is 0 Å². The lowest BCUT2D eigenvalue weighted by Gasteiger charge is -2.60. The number of ketones is 1. The van der Waals surface area contributed by atoms with E-state index in [4.69, 9.17) is 4.74 Å². The lowest BCUT2D eigenvalue weighted by atomic mass is 9.44. The molecule has 156 valence electrons. The molecule has 1 N–H and O–H groups in total. The van der Waals surface area contributed by atoms with Crippen molar-refractivity contribution in [3.05, 3.63) is 0 Å². The van der Waals surface area contributed by atoms with Gasteiger partial charge in [0.15, 0.2) is 0 Å². The first-order valence-electron chi connectivity index (χ1n) is 11.1. The average Bonchev–Trinajstić information content (AvgIpc) is 2.97. The summed E-state index contributed by atoms with van der Waals surface area (Å²) in [6.07, 6.45) is 7.81. The van der Waals surface area contributed by atoms with Crippen LogP contribution < -0.4 is 0 Å². The number of nitrogens with zero attached hydrogens (tertiary/aromatic N) is 1. The summed E-state index contributed by atoms with van der Waals surface area (Å²) in [5.74, 6) is 2.07. The predicted octanol–water partition coefficient (Wildman–Crippen LogP) is 4.61. The van der Waals surface area contributed by atoms with E-state index in [1.807, 2.05) is 6.92 Å². The lowest BCUT2D eigenvalue weighted by Crippen LogP contribution is -2.58. The summed E-state index contributed by atoms with van der Waals surface area (Å²) in [4.78, 5) is 25.0. The van der Waals surface area contributed by atoms with E-state index in [9.17, 15) is 14.8 Å². The summed E-state index contributed by atoms with van der Waals surface area (Å²) in [6.45, 7) is 8.00. The highest BCUT2D eigenvalue weighted by Crippen LogP contribution is 2.66. The Labute approximate surface area is 168 Å². The molecule has 0 amide bonds. The first-order valence-corrected chi connectivity index (χ1v) is 11.1. The third kappa shape index (κ3) is 2.83. The Balaban J connectivity index is 1.60. The summed E-state index contributed by atoms with van der Waals surface area (Å²) in [5.41, 5.74) is 0.765. The van der Waals surface area contributed by atoms with Crippen LogP contribution in [0.15, 0.2) is 5.16 Å². The van der Waals surface area contributed by atoms with Crippen LogP contribution >= 0.6 is 0 Å². The SMILES string of the molecule is CC(=O)OC1CC[C@@]2(C)C(CCC3C4CCC(/C(C)=N/O)[C@@]4(C)CC(=O)C32)C1. The molecule has 4 saturated carbocycles. The number of esters is 1.